The van der Waals surface area contributed by atoms with E-state index in [0.717, 1.165) is 28.8 Å². The first kappa shape index (κ1) is 15.0. The van der Waals surface area contributed by atoms with Crippen LogP contribution in [0, 0.1) is 0 Å². The van der Waals surface area contributed by atoms with Crippen LogP contribution in [0.5, 0.6) is 0 Å². The van der Waals surface area contributed by atoms with Gasteiger partial charge in [0.15, 0.2) is 12.1 Å². The van der Waals surface area contributed by atoms with E-state index in [4.69, 9.17) is 5.10 Å². The Bertz CT molecular complexity index is 1010. The van der Waals surface area contributed by atoms with Gasteiger partial charge in [-0.25, -0.2) is 9.67 Å². The minimum Gasteiger partial charge on any atom is -0.296 e. The maximum absolute atomic E-state index is 11.1. The van der Waals surface area contributed by atoms with E-state index in [0.29, 0.717) is 11.5 Å². The molecule has 0 fully saturated rings. The SMILES string of the molecule is O=Cc1cccc(-n2nc(-c3ccccc3)cc2-c2ccccc2)n1. The summed E-state index contributed by atoms with van der Waals surface area (Å²) < 4.78 is 1.78. The molecule has 0 amide bonds. The van der Waals surface area contributed by atoms with Crippen LogP contribution in [0.1, 0.15) is 10.5 Å². The van der Waals surface area contributed by atoms with Crippen LogP contribution >= 0.6 is 0 Å². The van der Waals surface area contributed by atoms with Gasteiger partial charge in [-0.2, -0.15) is 5.10 Å². The second-order valence-electron chi connectivity index (χ2n) is 5.60. The molecule has 0 spiro atoms. The zero-order valence-electron chi connectivity index (χ0n) is 13.4. The van der Waals surface area contributed by atoms with Crippen molar-refractivity contribution in [3.05, 3.63) is 90.6 Å². The van der Waals surface area contributed by atoms with E-state index in [1.807, 2.05) is 78.9 Å². The third-order valence-electron chi connectivity index (χ3n) is 3.94. The summed E-state index contributed by atoms with van der Waals surface area (Å²) in [5.41, 5.74) is 4.24. The standard InChI is InChI=1S/C21H15N3O/c25-15-18-12-7-13-21(22-18)24-20(17-10-5-2-6-11-17)14-19(23-24)16-8-3-1-4-9-16/h1-15H. The molecule has 4 nitrogen and oxygen atoms in total. The Morgan fingerprint density at radius 2 is 1.44 bits per heavy atom. The zero-order valence-corrected chi connectivity index (χ0v) is 13.4. The van der Waals surface area contributed by atoms with E-state index >= 15 is 0 Å². The van der Waals surface area contributed by atoms with Gasteiger partial charge in [0.25, 0.3) is 0 Å². The van der Waals surface area contributed by atoms with Crippen molar-refractivity contribution in [2.45, 2.75) is 0 Å². The molecule has 0 N–H and O–H groups in total. The highest BCUT2D eigenvalue weighted by Crippen LogP contribution is 2.28. The van der Waals surface area contributed by atoms with Crippen molar-refractivity contribution < 1.29 is 4.79 Å². The van der Waals surface area contributed by atoms with Crippen LogP contribution in [-0.2, 0) is 0 Å². The molecule has 2 aromatic heterocycles. The normalized spacial score (nSPS) is 10.6. The van der Waals surface area contributed by atoms with Crippen LogP contribution in [0.4, 0.5) is 0 Å². The molecule has 0 aliphatic carbocycles. The number of carbonyl (C=O) groups is 1. The number of nitrogens with zero attached hydrogens (tertiary/aromatic N) is 3. The van der Waals surface area contributed by atoms with Crippen molar-refractivity contribution in [1.82, 2.24) is 14.8 Å². The van der Waals surface area contributed by atoms with Crippen molar-refractivity contribution in [3.8, 4) is 28.3 Å². The number of carbonyl (C=O) groups excluding carboxylic acids is 1. The second kappa shape index (κ2) is 6.53. The number of aromatic nitrogens is 3. The molecule has 25 heavy (non-hydrogen) atoms. The Labute approximate surface area is 145 Å². The maximum Gasteiger partial charge on any atom is 0.168 e. The summed E-state index contributed by atoms with van der Waals surface area (Å²) in [6.45, 7) is 0. The molecule has 2 aromatic carbocycles. The van der Waals surface area contributed by atoms with E-state index in [1.54, 1.807) is 10.7 Å². The molecule has 0 aliphatic heterocycles. The zero-order chi connectivity index (χ0) is 17.1. The van der Waals surface area contributed by atoms with E-state index in [-0.39, 0.29) is 0 Å². The average Bonchev–Trinajstić information content (AvgIpc) is 3.15. The molecule has 4 heteroatoms. The fourth-order valence-corrected chi connectivity index (χ4v) is 2.74. The molecule has 0 aliphatic rings. The van der Waals surface area contributed by atoms with Crippen LogP contribution in [0.2, 0.25) is 0 Å². The summed E-state index contributed by atoms with van der Waals surface area (Å²) in [5.74, 6) is 0.616. The lowest BCUT2D eigenvalue weighted by atomic mass is 10.1. The van der Waals surface area contributed by atoms with E-state index < -0.39 is 0 Å². The van der Waals surface area contributed by atoms with Gasteiger partial charge >= 0.3 is 0 Å². The second-order valence-corrected chi connectivity index (χ2v) is 5.60. The molecule has 4 aromatic rings. The van der Waals surface area contributed by atoms with Crippen molar-refractivity contribution in [2.75, 3.05) is 0 Å². The number of hydrogen-bond donors (Lipinski definition) is 0. The monoisotopic (exact) mass is 325 g/mol. The van der Waals surface area contributed by atoms with Gasteiger partial charge in [-0.1, -0.05) is 66.7 Å². The lowest BCUT2D eigenvalue weighted by molar-refractivity contribution is 0.111. The predicted octanol–water partition coefficient (Wildman–Crippen LogP) is 4.41. The Morgan fingerprint density at radius 3 is 2.12 bits per heavy atom. The third-order valence-corrected chi connectivity index (χ3v) is 3.94. The maximum atomic E-state index is 11.1. The van der Waals surface area contributed by atoms with Gasteiger partial charge < -0.3 is 0 Å². The first-order valence-electron chi connectivity index (χ1n) is 7.99. The topological polar surface area (TPSA) is 47.8 Å². The summed E-state index contributed by atoms with van der Waals surface area (Å²) in [4.78, 5) is 15.5. The fraction of sp³-hybridized carbons (Fsp3) is 0. The van der Waals surface area contributed by atoms with Crippen molar-refractivity contribution in [3.63, 3.8) is 0 Å². The van der Waals surface area contributed by atoms with Crippen molar-refractivity contribution in [2.24, 2.45) is 0 Å². The van der Waals surface area contributed by atoms with Crippen LogP contribution in [-0.4, -0.2) is 21.1 Å². The average molecular weight is 325 g/mol. The smallest absolute Gasteiger partial charge is 0.168 e. The summed E-state index contributed by atoms with van der Waals surface area (Å²) in [6, 6.07) is 27.4. The lowest BCUT2D eigenvalue weighted by Gasteiger charge is -2.07. The highest BCUT2D eigenvalue weighted by molar-refractivity contribution is 5.73. The van der Waals surface area contributed by atoms with E-state index in [9.17, 15) is 4.79 Å². The summed E-state index contributed by atoms with van der Waals surface area (Å²) in [6.07, 6.45) is 0.743. The molecule has 0 saturated heterocycles. The molecule has 0 atom stereocenters. The molecule has 2 heterocycles. The largest absolute Gasteiger partial charge is 0.296 e. The molecular formula is C21H15N3O. The first-order valence-corrected chi connectivity index (χ1v) is 7.99. The first-order chi connectivity index (χ1) is 12.3. The molecule has 0 saturated carbocycles. The number of hydrogen-bond acceptors (Lipinski definition) is 3. The lowest BCUT2D eigenvalue weighted by Crippen LogP contribution is -2.03. The van der Waals surface area contributed by atoms with Crippen LogP contribution < -0.4 is 0 Å². The predicted molar refractivity (Wildman–Crippen MR) is 97.6 cm³/mol. The Morgan fingerprint density at radius 1 is 0.760 bits per heavy atom. The number of aldehydes is 1. The van der Waals surface area contributed by atoms with Gasteiger partial charge in [0, 0.05) is 11.1 Å². The highest BCUT2D eigenvalue weighted by Gasteiger charge is 2.14. The Kier molecular flexibility index (Phi) is 3.92. The van der Waals surface area contributed by atoms with Crippen LogP contribution in [0.25, 0.3) is 28.3 Å². The number of benzene rings is 2. The number of rotatable bonds is 4. The van der Waals surface area contributed by atoms with Gasteiger partial charge in [0.1, 0.15) is 5.69 Å². The molecule has 120 valence electrons. The van der Waals surface area contributed by atoms with Gasteiger partial charge in [-0.05, 0) is 18.2 Å². The van der Waals surface area contributed by atoms with E-state index in [2.05, 4.69) is 4.98 Å². The molecule has 0 radical (unpaired) electrons. The summed E-state index contributed by atoms with van der Waals surface area (Å²) in [5, 5.41) is 4.74. The Balaban J connectivity index is 1.92. The summed E-state index contributed by atoms with van der Waals surface area (Å²) in [7, 11) is 0. The van der Waals surface area contributed by atoms with Gasteiger partial charge in [0.05, 0.1) is 11.4 Å². The minimum absolute atomic E-state index is 0.383. The van der Waals surface area contributed by atoms with Gasteiger partial charge in [-0.3, -0.25) is 4.79 Å². The van der Waals surface area contributed by atoms with Crippen molar-refractivity contribution in [1.29, 1.82) is 0 Å². The fourth-order valence-electron chi connectivity index (χ4n) is 2.74. The van der Waals surface area contributed by atoms with E-state index in [1.165, 1.54) is 0 Å². The third kappa shape index (κ3) is 2.97. The van der Waals surface area contributed by atoms with Crippen LogP contribution in [0.15, 0.2) is 84.9 Å². The molecule has 4 rings (SSSR count). The molecule has 0 unspecified atom stereocenters. The van der Waals surface area contributed by atoms with Gasteiger partial charge in [-0.15, -0.1) is 0 Å². The molecule has 0 bridgehead atoms. The van der Waals surface area contributed by atoms with Crippen LogP contribution in [0.3, 0.4) is 0 Å². The molecular weight excluding hydrogens is 310 g/mol. The van der Waals surface area contributed by atoms with Crippen molar-refractivity contribution >= 4 is 6.29 Å². The minimum atomic E-state index is 0.383. The number of pyridine rings is 1. The quantitative estimate of drug-likeness (QED) is 0.522. The summed E-state index contributed by atoms with van der Waals surface area (Å²) >= 11 is 0. The van der Waals surface area contributed by atoms with Gasteiger partial charge in [0.2, 0.25) is 0 Å². The Hall–Kier alpha value is -3.53. The highest BCUT2D eigenvalue weighted by atomic mass is 16.1.